The second kappa shape index (κ2) is 9.19. The number of ether oxygens (including phenoxy) is 2. The number of hydrogen-bond acceptors (Lipinski definition) is 4. The van der Waals surface area contributed by atoms with Gasteiger partial charge in [-0.15, -0.1) is 0 Å². The van der Waals surface area contributed by atoms with E-state index >= 15 is 0 Å². The molecule has 140 valence electrons. The molecule has 0 saturated heterocycles. The van der Waals surface area contributed by atoms with Crippen molar-refractivity contribution in [3.63, 3.8) is 0 Å². The van der Waals surface area contributed by atoms with Gasteiger partial charge in [-0.2, -0.15) is 13.2 Å². The SMILES string of the molecule is CC(NC(=O)COCC(F)(F)F)c1cccc(OCc2ccccn2)c1. The minimum absolute atomic E-state index is 0.302. The second-order valence-electron chi connectivity index (χ2n) is 5.58. The Kier molecular flexibility index (Phi) is 6.97. The van der Waals surface area contributed by atoms with Crippen molar-refractivity contribution in [2.75, 3.05) is 13.2 Å². The molecule has 1 atom stereocenters. The van der Waals surface area contributed by atoms with Crippen molar-refractivity contribution in [3.8, 4) is 5.75 Å². The lowest BCUT2D eigenvalue weighted by molar-refractivity contribution is -0.175. The Hall–Kier alpha value is -2.61. The smallest absolute Gasteiger partial charge is 0.411 e. The quantitative estimate of drug-likeness (QED) is 0.776. The summed E-state index contributed by atoms with van der Waals surface area (Å²) in [6.07, 6.45) is -2.78. The van der Waals surface area contributed by atoms with Crippen molar-refractivity contribution in [2.24, 2.45) is 0 Å². The first kappa shape index (κ1) is 19.7. The Balaban J connectivity index is 1.85. The summed E-state index contributed by atoms with van der Waals surface area (Å²) in [4.78, 5) is 15.8. The van der Waals surface area contributed by atoms with Crippen LogP contribution in [0.1, 0.15) is 24.2 Å². The fourth-order valence-corrected chi connectivity index (χ4v) is 2.14. The molecule has 1 unspecified atom stereocenters. The molecule has 0 saturated carbocycles. The lowest BCUT2D eigenvalue weighted by Crippen LogP contribution is -2.31. The molecular formula is C18H19F3N2O3. The molecular weight excluding hydrogens is 349 g/mol. The fourth-order valence-electron chi connectivity index (χ4n) is 2.14. The zero-order chi connectivity index (χ0) is 19.0. The molecule has 0 aliphatic heterocycles. The normalized spacial score (nSPS) is 12.5. The van der Waals surface area contributed by atoms with E-state index in [0.717, 1.165) is 11.3 Å². The monoisotopic (exact) mass is 368 g/mol. The third kappa shape index (κ3) is 7.10. The first-order valence-corrected chi connectivity index (χ1v) is 7.90. The molecule has 1 heterocycles. The Morgan fingerprint density at radius 3 is 2.73 bits per heavy atom. The maximum atomic E-state index is 12.0. The molecule has 1 amide bonds. The highest BCUT2D eigenvalue weighted by Crippen LogP contribution is 2.20. The van der Waals surface area contributed by atoms with Crippen molar-refractivity contribution in [1.29, 1.82) is 0 Å². The van der Waals surface area contributed by atoms with Gasteiger partial charge in [-0.05, 0) is 36.8 Å². The molecule has 0 radical (unpaired) electrons. The van der Waals surface area contributed by atoms with Crippen molar-refractivity contribution in [3.05, 3.63) is 59.9 Å². The van der Waals surface area contributed by atoms with Crippen LogP contribution in [0.15, 0.2) is 48.7 Å². The van der Waals surface area contributed by atoms with Gasteiger partial charge in [-0.25, -0.2) is 0 Å². The van der Waals surface area contributed by atoms with Crippen molar-refractivity contribution in [2.45, 2.75) is 25.7 Å². The van der Waals surface area contributed by atoms with Crippen LogP contribution in [0.25, 0.3) is 0 Å². The van der Waals surface area contributed by atoms with E-state index in [-0.39, 0.29) is 0 Å². The second-order valence-corrected chi connectivity index (χ2v) is 5.58. The average molecular weight is 368 g/mol. The van der Waals surface area contributed by atoms with Gasteiger partial charge < -0.3 is 14.8 Å². The maximum absolute atomic E-state index is 12.0. The van der Waals surface area contributed by atoms with Gasteiger partial charge in [0.05, 0.1) is 11.7 Å². The summed E-state index contributed by atoms with van der Waals surface area (Å²) in [6, 6.07) is 12.2. The number of carbonyl (C=O) groups excluding carboxylic acids is 1. The maximum Gasteiger partial charge on any atom is 0.411 e. The van der Waals surface area contributed by atoms with Crippen LogP contribution in [0.2, 0.25) is 0 Å². The predicted molar refractivity (Wildman–Crippen MR) is 88.4 cm³/mol. The minimum Gasteiger partial charge on any atom is -0.487 e. The lowest BCUT2D eigenvalue weighted by Gasteiger charge is -2.16. The summed E-state index contributed by atoms with van der Waals surface area (Å²) in [7, 11) is 0. The summed E-state index contributed by atoms with van der Waals surface area (Å²) in [5, 5.41) is 2.58. The summed E-state index contributed by atoms with van der Waals surface area (Å²) in [5.74, 6) is -0.0240. The standard InChI is InChI=1S/C18H19F3N2O3/c1-13(23-17(24)11-25-12-18(19,20)21)14-5-4-7-16(9-14)26-10-15-6-2-3-8-22-15/h2-9,13H,10-12H2,1H3,(H,23,24). The first-order valence-electron chi connectivity index (χ1n) is 7.90. The molecule has 0 aliphatic rings. The number of rotatable bonds is 8. The van der Waals surface area contributed by atoms with E-state index in [0.29, 0.717) is 12.4 Å². The molecule has 2 aromatic rings. The summed E-state index contributed by atoms with van der Waals surface area (Å²) < 4.78 is 46.0. The van der Waals surface area contributed by atoms with Gasteiger partial charge in [-0.1, -0.05) is 18.2 Å². The highest BCUT2D eigenvalue weighted by Gasteiger charge is 2.27. The van der Waals surface area contributed by atoms with Gasteiger partial charge in [0.2, 0.25) is 5.91 Å². The molecule has 2 rings (SSSR count). The molecule has 26 heavy (non-hydrogen) atoms. The van der Waals surface area contributed by atoms with Gasteiger partial charge in [0.25, 0.3) is 0 Å². The summed E-state index contributed by atoms with van der Waals surface area (Å²) >= 11 is 0. The Bertz CT molecular complexity index is 708. The van der Waals surface area contributed by atoms with Gasteiger partial charge in [-0.3, -0.25) is 9.78 Å². The number of hydrogen-bond donors (Lipinski definition) is 1. The Labute approximate surface area is 149 Å². The van der Waals surface area contributed by atoms with E-state index in [1.54, 1.807) is 37.4 Å². The number of nitrogens with zero attached hydrogens (tertiary/aromatic N) is 1. The zero-order valence-electron chi connectivity index (χ0n) is 14.1. The van der Waals surface area contributed by atoms with Crippen LogP contribution >= 0.6 is 0 Å². The van der Waals surface area contributed by atoms with Gasteiger partial charge in [0.15, 0.2) is 0 Å². The predicted octanol–water partition coefficient (Wildman–Crippen LogP) is 3.42. The summed E-state index contributed by atoms with van der Waals surface area (Å²) in [6.45, 7) is -0.0821. The molecule has 8 heteroatoms. The molecule has 0 bridgehead atoms. The van der Waals surface area contributed by atoms with E-state index in [9.17, 15) is 18.0 Å². The number of amides is 1. The first-order chi connectivity index (χ1) is 12.3. The van der Waals surface area contributed by atoms with Gasteiger partial charge >= 0.3 is 6.18 Å². The molecule has 0 fully saturated rings. The zero-order valence-corrected chi connectivity index (χ0v) is 14.1. The highest BCUT2D eigenvalue weighted by molar-refractivity contribution is 5.77. The van der Waals surface area contributed by atoms with Crippen LogP contribution in [0, 0.1) is 0 Å². The number of benzene rings is 1. The van der Waals surface area contributed by atoms with E-state index in [4.69, 9.17) is 4.74 Å². The number of nitrogens with one attached hydrogen (secondary N) is 1. The number of carbonyl (C=O) groups is 1. The highest BCUT2D eigenvalue weighted by atomic mass is 19.4. The molecule has 0 spiro atoms. The van der Waals surface area contributed by atoms with Crippen LogP contribution in [-0.4, -0.2) is 30.3 Å². The van der Waals surface area contributed by atoms with Crippen LogP contribution in [0.3, 0.4) is 0 Å². The van der Waals surface area contributed by atoms with E-state index in [2.05, 4.69) is 15.0 Å². The topological polar surface area (TPSA) is 60.5 Å². The fraction of sp³-hybridized carbons (Fsp3) is 0.333. The van der Waals surface area contributed by atoms with Gasteiger partial charge in [0.1, 0.15) is 25.6 Å². The average Bonchev–Trinajstić information content (AvgIpc) is 2.60. The number of halogens is 3. The number of alkyl halides is 3. The third-order valence-electron chi connectivity index (χ3n) is 3.35. The van der Waals surface area contributed by atoms with Crippen molar-refractivity contribution < 1.29 is 27.4 Å². The molecule has 1 N–H and O–H groups in total. The summed E-state index contributed by atoms with van der Waals surface area (Å²) in [5.41, 5.74) is 1.54. The number of pyridine rings is 1. The molecule has 1 aromatic heterocycles. The molecule has 5 nitrogen and oxygen atoms in total. The van der Waals surface area contributed by atoms with Gasteiger partial charge in [0, 0.05) is 6.20 Å². The van der Waals surface area contributed by atoms with Crippen molar-refractivity contribution >= 4 is 5.91 Å². The Morgan fingerprint density at radius 1 is 1.23 bits per heavy atom. The minimum atomic E-state index is -4.45. The molecule has 0 aliphatic carbocycles. The Morgan fingerprint density at radius 2 is 2.04 bits per heavy atom. The lowest BCUT2D eigenvalue weighted by atomic mass is 10.1. The molecule has 1 aromatic carbocycles. The van der Waals surface area contributed by atoms with Crippen LogP contribution < -0.4 is 10.1 Å². The van der Waals surface area contributed by atoms with E-state index in [1.165, 1.54) is 0 Å². The third-order valence-corrected chi connectivity index (χ3v) is 3.35. The van der Waals surface area contributed by atoms with E-state index in [1.807, 2.05) is 18.2 Å². The van der Waals surface area contributed by atoms with Crippen LogP contribution in [-0.2, 0) is 16.1 Å². The van der Waals surface area contributed by atoms with Crippen LogP contribution in [0.5, 0.6) is 5.75 Å². The van der Waals surface area contributed by atoms with E-state index < -0.39 is 31.3 Å². The number of aromatic nitrogens is 1. The van der Waals surface area contributed by atoms with Crippen LogP contribution in [0.4, 0.5) is 13.2 Å². The largest absolute Gasteiger partial charge is 0.487 e. The van der Waals surface area contributed by atoms with Crippen molar-refractivity contribution in [1.82, 2.24) is 10.3 Å².